The second kappa shape index (κ2) is 5.87. The summed E-state index contributed by atoms with van der Waals surface area (Å²) in [4.78, 5) is 0. The summed E-state index contributed by atoms with van der Waals surface area (Å²) in [6.45, 7) is 5.37. The molecule has 2 aromatic rings. The molecule has 0 radical (unpaired) electrons. The minimum atomic E-state index is -4.30. The van der Waals surface area contributed by atoms with Crippen LogP contribution in [0.4, 0.5) is 13.2 Å². The fourth-order valence-electron chi connectivity index (χ4n) is 1.62. The maximum atomic E-state index is 12.0. The zero-order valence-corrected chi connectivity index (χ0v) is 12.6. The van der Waals surface area contributed by atoms with Gasteiger partial charge < -0.3 is 0 Å². The van der Waals surface area contributed by atoms with Crippen molar-refractivity contribution >= 4 is 11.6 Å². The highest BCUT2D eigenvalue weighted by Gasteiger charge is 2.34. The third-order valence-electron chi connectivity index (χ3n) is 2.71. The molecule has 0 spiro atoms. The summed E-state index contributed by atoms with van der Waals surface area (Å²) in [7, 11) is 3.16. The smallest absolute Gasteiger partial charge is 0.271 e. The van der Waals surface area contributed by atoms with E-state index < -0.39 is 11.9 Å². The van der Waals surface area contributed by atoms with Gasteiger partial charge in [-0.05, 0) is 26.8 Å². The number of aromatic nitrogens is 4. The van der Waals surface area contributed by atoms with Crippen molar-refractivity contribution in [1.82, 2.24) is 19.6 Å². The Balaban J connectivity index is 0.000000204. The van der Waals surface area contributed by atoms with E-state index in [9.17, 15) is 13.2 Å². The summed E-state index contributed by atoms with van der Waals surface area (Å²) in [6.07, 6.45) is -4.30. The number of hydrogen-bond donors (Lipinski definition) is 0. The highest BCUT2D eigenvalue weighted by molar-refractivity contribution is 6.31. The maximum Gasteiger partial charge on any atom is 0.433 e. The van der Waals surface area contributed by atoms with Crippen LogP contribution < -0.4 is 0 Å². The molecule has 0 saturated carbocycles. The molecule has 0 bridgehead atoms. The van der Waals surface area contributed by atoms with Gasteiger partial charge in [0.15, 0.2) is 0 Å². The standard InChI is InChI=1S/C6H9ClN2.C6H7F3N2/c1-4-6(7)5(2)9(3)8-4;1-4-3-5(6(7,8)9)11(2)10-4/h1-3H3;3H,1-2H3. The first kappa shape index (κ1) is 16.6. The van der Waals surface area contributed by atoms with Gasteiger partial charge in [0.1, 0.15) is 5.69 Å². The maximum absolute atomic E-state index is 12.0. The van der Waals surface area contributed by atoms with Gasteiger partial charge in [-0.25, -0.2) is 0 Å². The van der Waals surface area contributed by atoms with Crippen LogP contribution in [0.5, 0.6) is 0 Å². The molecule has 0 fully saturated rings. The number of alkyl halides is 3. The molecule has 2 aromatic heterocycles. The quantitative estimate of drug-likeness (QED) is 0.747. The highest BCUT2D eigenvalue weighted by Crippen LogP contribution is 2.28. The molecule has 2 heterocycles. The van der Waals surface area contributed by atoms with Crippen molar-refractivity contribution < 1.29 is 13.2 Å². The summed E-state index contributed by atoms with van der Waals surface area (Å²) in [5.41, 5.74) is 1.58. The first-order valence-corrected chi connectivity index (χ1v) is 6.15. The third-order valence-corrected chi connectivity index (χ3v) is 3.26. The molecule has 0 aliphatic rings. The lowest BCUT2D eigenvalue weighted by molar-refractivity contribution is -0.143. The van der Waals surface area contributed by atoms with E-state index in [1.165, 1.54) is 14.0 Å². The topological polar surface area (TPSA) is 35.6 Å². The summed E-state index contributed by atoms with van der Waals surface area (Å²) >= 11 is 5.82. The van der Waals surface area contributed by atoms with Gasteiger partial charge in [-0.15, -0.1) is 0 Å². The Labute approximate surface area is 120 Å². The van der Waals surface area contributed by atoms with Crippen LogP contribution in [0.15, 0.2) is 6.07 Å². The predicted molar refractivity (Wildman–Crippen MR) is 70.6 cm³/mol. The average Bonchev–Trinajstić information content (AvgIpc) is 2.75. The lowest BCUT2D eigenvalue weighted by Gasteiger charge is -2.04. The van der Waals surface area contributed by atoms with Crippen LogP contribution in [-0.4, -0.2) is 19.6 Å². The van der Waals surface area contributed by atoms with Gasteiger partial charge in [0.2, 0.25) is 0 Å². The molecule has 4 nitrogen and oxygen atoms in total. The van der Waals surface area contributed by atoms with Gasteiger partial charge in [0, 0.05) is 14.1 Å². The largest absolute Gasteiger partial charge is 0.433 e. The van der Waals surface area contributed by atoms with Gasteiger partial charge in [-0.3, -0.25) is 9.36 Å². The summed E-state index contributed by atoms with van der Waals surface area (Å²) in [5.74, 6) is 0. The molecule has 0 unspecified atom stereocenters. The summed E-state index contributed by atoms with van der Waals surface area (Å²) < 4.78 is 38.6. The van der Waals surface area contributed by atoms with E-state index in [4.69, 9.17) is 11.6 Å². The molecule has 0 aliphatic heterocycles. The van der Waals surface area contributed by atoms with Crippen LogP contribution in [0.3, 0.4) is 0 Å². The second-order valence-corrected chi connectivity index (χ2v) is 4.78. The summed E-state index contributed by atoms with van der Waals surface area (Å²) in [6, 6.07) is 1.01. The van der Waals surface area contributed by atoms with Crippen molar-refractivity contribution in [2.75, 3.05) is 0 Å². The minimum Gasteiger partial charge on any atom is -0.271 e. The normalized spacial score (nSPS) is 11.2. The van der Waals surface area contributed by atoms with E-state index in [0.717, 1.165) is 27.2 Å². The Morgan fingerprint density at radius 1 is 1.05 bits per heavy atom. The van der Waals surface area contributed by atoms with E-state index in [1.54, 1.807) is 4.68 Å². The van der Waals surface area contributed by atoms with Crippen LogP contribution in [0.2, 0.25) is 5.02 Å². The second-order valence-electron chi connectivity index (χ2n) is 4.40. The average molecular weight is 309 g/mol. The Morgan fingerprint density at radius 2 is 1.60 bits per heavy atom. The zero-order chi connectivity index (χ0) is 15.7. The molecule has 0 N–H and O–H groups in total. The number of nitrogens with zero attached hydrogens (tertiary/aromatic N) is 4. The molecule has 0 atom stereocenters. The van der Waals surface area contributed by atoms with Crippen molar-refractivity contribution in [3.05, 3.63) is 33.9 Å². The summed E-state index contributed by atoms with van der Waals surface area (Å²) in [5, 5.41) is 8.44. The molecule has 20 heavy (non-hydrogen) atoms. The third kappa shape index (κ3) is 3.75. The monoisotopic (exact) mass is 308 g/mol. The highest BCUT2D eigenvalue weighted by atomic mass is 35.5. The SMILES string of the molecule is Cc1cc(C(F)(F)F)n(C)n1.Cc1nn(C)c(C)c1Cl. The number of aryl methyl sites for hydroxylation is 4. The van der Waals surface area contributed by atoms with Crippen LogP contribution in [-0.2, 0) is 20.3 Å². The Bertz CT molecular complexity index is 576. The molecule has 0 amide bonds. The Morgan fingerprint density at radius 3 is 1.75 bits per heavy atom. The molecular weight excluding hydrogens is 293 g/mol. The van der Waals surface area contributed by atoms with E-state index in [2.05, 4.69) is 10.2 Å². The van der Waals surface area contributed by atoms with E-state index >= 15 is 0 Å². The van der Waals surface area contributed by atoms with Crippen molar-refractivity contribution in [1.29, 1.82) is 0 Å². The van der Waals surface area contributed by atoms with Crippen LogP contribution >= 0.6 is 11.6 Å². The number of hydrogen-bond acceptors (Lipinski definition) is 2. The van der Waals surface area contributed by atoms with Gasteiger partial charge in [0.05, 0.1) is 22.1 Å². The van der Waals surface area contributed by atoms with Gasteiger partial charge >= 0.3 is 6.18 Å². The lowest BCUT2D eigenvalue weighted by atomic mass is 10.4. The molecule has 0 aliphatic carbocycles. The van der Waals surface area contributed by atoms with Crippen LogP contribution in [0.25, 0.3) is 0 Å². The number of halogens is 4. The predicted octanol–water partition coefficient (Wildman–Crippen LogP) is 3.44. The molecular formula is C12H16ClF3N4. The van der Waals surface area contributed by atoms with Crippen molar-refractivity contribution in [3.8, 4) is 0 Å². The van der Waals surface area contributed by atoms with Gasteiger partial charge in [-0.2, -0.15) is 23.4 Å². The molecule has 0 aromatic carbocycles. The molecule has 2 rings (SSSR count). The van der Waals surface area contributed by atoms with E-state index in [0.29, 0.717) is 5.69 Å². The molecule has 0 saturated heterocycles. The van der Waals surface area contributed by atoms with Gasteiger partial charge in [-0.1, -0.05) is 11.6 Å². The molecule has 8 heteroatoms. The van der Waals surface area contributed by atoms with Gasteiger partial charge in [0.25, 0.3) is 0 Å². The van der Waals surface area contributed by atoms with Crippen LogP contribution in [0, 0.1) is 20.8 Å². The van der Waals surface area contributed by atoms with Crippen LogP contribution in [0.1, 0.15) is 22.8 Å². The Kier molecular flexibility index (Phi) is 4.86. The fraction of sp³-hybridized carbons (Fsp3) is 0.500. The van der Waals surface area contributed by atoms with E-state index in [-0.39, 0.29) is 0 Å². The lowest BCUT2D eigenvalue weighted by Crippen LogP contribution is -2.11. The Hall–Kier alpha value is -1.50. The van der Waals surface area contributed by atoms with E-state index in [1.807, 2.05) is 20.9 Å². The fourth-order valence-corrected chi connectivity index (χ4v) is 1.78. The molecule has 112 valence electrons. The minimum absolute atomic E-state index is 0.375. The van der Waals surface area contributed by atoms with Crippen molar-refractivity contribution in [2.24, 2.45) is 14.1 Å². The first-order valence-electron chi connectivity index (χ1n) is 5.77. The van der Waals surface area contributed by atoms with Crippen molar-refractivity contribution in [2.45, 2.75) is 26.9 Å². The number of rotatable bonds is 0. The first-order chi connectivity index (χ1) is 9.04. The zero-order valence-electron chi connectivity index (χ0n) is 11.9. The van der Waals surface area contributed by atoms with Crippen molar-refractivity contribution in [3.63, 3.8) is 0 Å².